The summed E-state index contributed by atoms with van der Waals surface area (Å²) in [6, 6.07) is 5.63. The molecule has 6 nitrogen and oxygen atoms in total. The second-order valence-electron chi connectivity index (χ2n) is 6.02. The Morgan fingerprint density at radius 2 is 1.84 bits per heavy atom. The maximum Gasteiger partial charge on any atom is 0.222 e. The lowest BCUT2D eigenvalue weighted by molar-refractivity contribution is -0.114. The number of carbonyl (C=O) groups is 1. The highest BCUT2D eigenvalue weighted by Gasteiger charge is 2.11. The zero-order chi connectivity index (χ0) is 18.0. The minimum Gasteiger partial charge on any atom is -0.387 e. The SMILES string of the molecule is CCC(O)c1cc(C)c(-c2cc3cnc(NC(C)=O)cc3cn2)cn1. The van der Waals surface area contributed by atoms with Gasteiger partial charge in [-0.1, -0.05) is 6.92 Å². The van der Waals surface area contributed by atoms with Gasteiger partial charge in [-0.15, -0.1) is 0 Å². The van der Waals surface area contributed by atoms with Crippen LogP contribution in [-0.2, 0) is 4.79 Å². The van der Waals surface area contributed by atoms with Crippen LogP contribution in [0.5, 0.6) is 0 Å². The molecule has 3 aromatic heterocycles. The van der Waals surface area contributed by atoms with Crippen LogP contribution >= 0.6 is 0 Å². The summed E-state index contributed by atoms with van der Waals surface area (Å²) in [5.41, 5.74) is 3.39. The Kier molecular flexibility index (Phi) is 4.72. The smallest absolute Gasteiger partial charge is 0.222 e. The molecule has 0 fully saturated rings. The summed E-state index contributed by atoms with van der Waals surface area (Å²) in [7, 11) is 0. The molecule has 1 unspecified atom stereocenters. The van der Waals surface area contributed by atoms with E-state index < -0.39 is 6.10 Å². The van der Waals surface area contributed by atoms with Crippen molar-refractivity contribution in [1.29, 1.82) is 0 Å². The van der Waals surface area contributed by atoms with E-state index >= 15 is 0 Å². The van der Waals surface area contributed by atoms with E-state index in [1.165, 1.54) is 6.92 Å². The van der Waals surface area contributed by atoms with Gasteiger partial charge in [0, 0.05) is 41.9 Å². The first-order valence-electron chi connectivity index (χ1n) is 8.16. The molecule has 0 saturated carbocycles. The van der Waals surface area contributed by atoms with Crippen molar-refractivity contribution < 1.29 is 9.90 Å². The third kappa shape index (κ3) is 3.64. The van der Waals surface area contributed by atoms with Crippen LogP contribution < -0.4 is 5.32 Å². The average Bonchev–Trinajstić information content (AvgIpc) is 2.60. The molecule has 0 saturated heterocycles. The van der Waals surface area contributed by atoms with E-state index in [1.807, 2.05) is 26.0 Å². The van der Waals surface area contributed by atoms with Crippen molar-refractivity contribution in [1.82, 2.24) is 15.0 Å². The number of carbonyl (C=O) groups excluding carboxylic acids is 1. The number of aliphatic hydroxyl groups excluding tert-OH is 1. The molecule has 0 aliphatic heterocycles. The Labute approximate surface area is 146 Å². The normalized spacial score (nSPS) is 12.2. The van der Waals surface area contributed by atoms with Crippen LogP contribution in [0.4, 0.5) is 5.82 Å². The van der Waals surface area contributed by atoms with E-state index in [0.29, 0.717) is 17.9 Å². The van der Waals surface area contributed by atoms with Crippen LogP contribution in [-0.4, -0.2) is 26.0 Å². The maximum atomic E-state index is 11.1. The van der Waals surface area contributed by atoms with Crippen molar-refractivity contribution in [3.63, 3.8) is 0 Å². The number of fused-ring (bicyclic) bond motifs is 1. The second kappa shape index (κ2) is 6.94. The van der Waals surface area contributed by atoms with Crippen molar-refractivity contribution in [2.45, 2.75) is 33.3 Å². The van der Waals surface area contributed by atoms with Gasteiger partial charge in [-0.3, -0.25) is 14.8 Å². The Morgan fingerprint density at radius 3 is 2.52 bits per heavy atom. The van der Waals surface area contributed by atoms with Crippen molar-refractivity contribution in [3.05, 3.63) is 48.0 Å². The number of aryl methyl sites for hydroxylation is 1. The molecule has 3 rings (SSSR count). The number of nitrogens with zero attached hydrogens (tertiary/aromatic N) is 3. The van der Waals surface area contributed by atoms with Gasteiger partial charge in [0.1, 0.15) is 5.82 Å². The van der Waals surface area contributed by atoms with Gasteiger partial charge in [-0.25, -0.2) is 4.98 Å². The number of hydrogen-bond donors (Lipinski definition) is 2. The third-order valence-electron chi connectivity index (χ3n) is 4.04. The lowest BCUT2D eigenvalue weighted by Gasteiger charge is -2.11. The van der Waals surface area contributed by atoms with Gasteiger partial charge in [-0.2, -0.15) is 0 Å². The highest BCUT2D eigenvalue weighted by molar-refractivity contribution is 5.92. The first kappa shape index (κ1) is 17.0. The molecule has 0 aromatic carbocycles. The van der Waals surface area contributed by atoms with E-state index in [9.17, 15) is 9.90 Å². The molecule has 25 heavy (non-hydrogen) atoms. The fourth-order valence-electron chi connectivity index (χ4n) is 2.67. The molecule has 1 atom stereocenters. The van der Waals surface area contributed by atoms with Gasteiger partial charge in [0.15, 0.2) is 0 Å². The van der Waals surface area contributed by atoms with Gasteiger partial charge < -0.3 is 10.4 Å². The van der Waals surface area contributed by atoms with Crippen LogP contribution in [0.25, 0.3) is 22.0 Å². The number of amides is 1. The summed E-state index contributed by atoms with van der Waals surface area (Å²) >= 11 is 0. The number of anilines is 1. The number of rotatable bonds is 4. The summed E-state index contributed by atoms with van der Waals surface area (Å²) in [4.78, 5) is 24.2. The summed E-state index contributed by atoms with van der Waals surface area (Å²) in [6.45, 7) is 5.34. The topological polar surface area (TPSA) is 88.0 Å². The molecule has 3 heterocycles. The summed E-state index contributed by atoms with van der Waals surface area (Å²) in [6.07, 6.45) is 5.29. The minimum absolute atomic E-state index is 0.160. The molecular formula is C19H20N4O2. The molecular weight excluding hydrogens is 316 g/mol. The number of aliphatic hydroxyl groups is 1. The molecule has 0 radical (unpaired) electrons. The maximum absolute atomic E-state index is 11.1. The number of pyridine rings is 3. The van der Waals surface area contributed by atoms with Gasteiger partial charge in [0.25, 0.3) is 0 Å². The standard InChI is InChI=1S/C19H20N4O2/c1-4-18(25)17-5-11(2)15(10-21-17)16-6-13-9-22-19(23-12(3)24)7-14(13)8-20-16/h5-10,18,25H,4H2,1-3H3,(H,22,23,24). The number of aromatic nitrogens is 3. The summed E-state index contributed by atoms with van der Waals surface area (Å²) < 4.78 is 0. The van der Waals surface area contributed by atoms with E-state index in [-0.39, 0.29) is 5.91 Å². The Hall–Kier alpha value is -2.86. The largest absolute Gasteiger partial charge is 0.387 e. The van der Waals surface area contributed by atoms with E-state index in [0.717, 1.165) is 27.6 Å². The fourth-order valence-corrected chi connectivity index (χ4v) is 2.67. The van der Waals surface area contributed by atoms with Gasteiger partial charge >= 0.3 is 0 Å². The van der Waals surface area contributed by atoms with Gasteiger partial charge in [0.2, 0.25) is 5.91 Å². The van der Waals surface area contributed by atoms with Crippen molar-refractivity contribution in [2.24, 2.45) is 0 Å². The molecule has 0 bridgehead atoms. The zero-order valence-corrected chi connectivity index (χ0v) is 14.4. The highest BCUT2D eigenvalue weighted by Crippen LogP contribution is 2.27. The molecule has 0 spiro atoms. The Bertz CT molecular complexity index is 940. The van der Waals surface area contributed by atoms with Crippen molar-refractivity contribution >= 4 is 22.5 Å². The first-order chi connectivity index (χ1) is 12.0. The monoisotopic (exact) mass is 336 g/mol. The summed E-state index contributed by atoms with van der Waals surface area (Å²) in [5, 5.41) is 14.4. The molecule has 3 aromatic rings. The van der Waals surface area contributed by atoms with Crippen LogP contribution in [0.2, 0.25) is 0 Å². The quantitative estimate of drug-likeness (QED) is 0.762. The van der Waals surface area contributed by atoms with Crippen LogP contribution in [0.15, 0.2) is 36.8 Å². The second-order valence-corrected chi connectivity index (χ2v) is 6.02. The van der Waals surface area contributed by atoms with Crippen LogP contribution in [0, 0.1) is 6.92 Å². The van der Waals surface area contributed by atoms with Gasteiger partial charge in [0.05, 0.1) is 17.5 Å². The predicted octanol–water partition coefficient (Wildman–Crippen LogP) is 3.40. The average molecular weight is 336 g/mol. The third-order valence-corrected chi connectivity index (χ3v) is 4.04. The molecule has 128 valence electrons. The molecule has 1 amide bonds. The van der Waals surface area contributed by atoms with Crippen LogP contribution in [0.1, 0.15) is 37.6 Å². The Morgan fingerprint density at radius 1 is 1.12 bits per heavy atom. The van der Waals surface area contributed by atoms with E-state index in [4.69, 9.17) is 0 Å². The van der Waals surface area contributed by atoms with E-state index in [1.54, 1.807) is 24.7 Å². The van der Waals surface area contributed by atoms with Crippen molar-refractivity contribution in [3.8, 4) is 11.3 Å². The number of nitrogens with one attached hydrogen (secondary N) is 1. The van der Waals surface area contributed by atoms with Crippen LogP contribution in [0.3, 0.4) is 0 Å². The molecule has 0 aliphatic carbocycles. The first-order valence-corrected chi connectivity index (χ1v) is 8.16. The molecule has 6 heteroatoms. The van der Waals surface area contributed by atoms with Crippen molar-refractivity contribution in [2.75, 3.05) is 5.32 Å². The zero-order valence-electron chi connectivity index (χ0n) is 14.4. The molecule has 0 aliphatic rings. The Balaban J connectivity index is 1.98. The molecule has 2 N–H and O–H groups in total. The summed E-state index contributed by atoms with van der Waals surface area (Å²) in [5.74, 6) is 0.345. The highest BCUT2D eigenvalue weighted by atomic mass is 16.3. The van der Waals surface area contributed by atoms with E-state index in [2.05, 4.69) is 20.3 Å². The van der Waals surface area contributed by atoms with Gasteiger partial charge in [-0.05, 0) is 37.1 Å². The number of hydrogen-bond acceptors (Lipinski definition) is 5. The fraction of sp³-hybridized carbons (Fsp3) is 0.263. The minimum atomic E-state index is -0.547. The lowest BCUT2D eigenvalue weighted by atomic mass is 10.0. The predicted molar refractivity (Wildman–Crippen MR) is 97.1 cm³/mol. The lowest BCUT2D eigenvalue weighted by Crippen LogP contribution is -2.07.